The van der Waals surface area contributed by atoms with Gasteiger partial charge in [-0.25, -0.2) is 4.98 Å². The summed E-state index contributed by atoms with van der Waals surface area (Å²) in [7, 11) is 0. The van der Waals surface area contributed by atoms with Crippen molar-refractivity contribution in [3.63, 3.8) is 0 Å². The van der Waals surface area contributed by atoms with Crippen LogP contribution in [0, 0.1) is 5.41 Å². The summed E-state index contributed by atoms with van der Waals surface area (Å²) in [5.74, 6) is 1.51. The van der Waals surface area contributed by atoms with Crippen molar-refractivity contribution in [3.05, 3.63) is 72.2 Å². The zero-order valence-electron chi connectivity index (χ0n) is 19.2. The van der Waals surface area contributed by atoms with Gasteiger partial charge in [0.2, 0.25) is 12.3 Å². The van der Waals surface area contributed by atoms with Crippen LogP contribution in [0.2, 0.25) is 0 Å². The van der Waals surface area contributed by atoms with Gasteiger partial charge in [0, 0.05) is 18.0 Å². The first-order valence-corrected chi connectivity index (χ1v) is 11.1. The van der Waals surface area contributed by atoms with Crippen LogP contribution in [-0.4, -0.2) is 44.3 Å². The van der Waals surface area contributed by atoms with E-state index in [9.17, 15) is 9.90 Å². The number of ketones is 1. The highest BCUT2D eigenvalue weighted by molar-refractivity contribution is 6.03. The highest BCUT2D eigenvalue weighted by Crippen LogP contribution is 2.36. The molecule has 35 heavy (non-hydrogen) atoms. The van der Waals surface area contributed by atoms with Gasteiger partial charge in [0.05, 0.1) is 29.2 Å². The number of aliphatic hydroxyl groups is 1. The van der Waals surface area contributed by atoms with Crippen LogP contribution in [0.1, 0.15) is 35.8 Å². The third-order valence-electron chi connectivity index (χ3n) is 5.76. The Labute approximate surface area is 201 Å². The van der Waals surface area contributed by atoms with E-state index in [0.717, 1.165) is 5.56 Å². The average Bonchev–Trinajstić information content (AvgIpc) is 3.40. The zero-order chi connectivity index (χ0) is 24.4. The second kappa shape index (κ2) is 9.15. The van der Waals surface area contributed by atoms with Gasteiger partial charge >= 0.3 is 0 Å². The van der Waals surface area contributed by atoms with Crippen molar-refractivity contribution in [1.29, 1.82) is 0 Å². The minimum Gasteiger partial charge on any atom is -0.492 e. The number of ether oxygens (including phenoxy) is 1. The number of nitrogens with zero attached hydrogens (tertiary/aromatic N) is 4. The first-order chi connectivity index (χ1) is 16.9. The standard InChI is InChI=1S/C25H24N6O4/c1-25(2)13-34-20-10-16(8-9-17(20)21(25)33)28-24-26-11-18(23-31-27-14-35-23)22(30-24)29-19(12-32)15-6-4-3-5-7-15/h3-11,14,19,32H,12-13H2,1-2H3,(H2,26,28,29,30)/t19-/m1/s1. The van der Waals surface area contributed by atoms with Gasteiger partial charge in [0.25, 0.3) is 5.89 Å². The molecule has 10 heteroatoms. The molecule has 0 bridgehead atoms. The number of benzene rings is 2. The minimum atomic E-state index is -0.557. The van der Waals surface area contributed by atoms with Crippen molar-refractivity contribution in [3.8, 4) is 17.2 Å². The molecule has 0 saturated carbocycles. The summed E-state index contributed by atoms with van der Waals surface area (Å²) < 4.78 is 11.2. The predicted molar refractivity (Wildman–Crippen MR) is 129 cm³/mol. The molecule has 1 atom stereocenters. The molecule has 0 unspecified atom stereocenters. The maximum absolute atomic E-state index is 12.7. The van der Waals surface area contributed by atoms with Crippen LogP contribution in [-0.2, 0) is 0 Å². The first kappa shape index (κ1) is 22.5. The average molecular weight is 473 g/mol. The van der Waals surface area contributed by atoms with Gasteiger partial charge in [-0.15, -0.1) is 10.2 Å². The Morgan fingerprint density at radius 1 is 1.14 bits per heavy atom. The van der Waals surface area contributed by atoms with E-state index < -0.39 is 11.5 Å². The van der Waals surface area contributed by atoms with E-state index in [1.165, 1.54) is 6.39 Å². The molecule has 2 aromatic heterocycles. The number of nitrogens with one attached hydrogen (secondary N) is 2. The Morgan fingerprint density at radius 3 is 2.71 bits per heavy atom. The number of rotatable bonds is 7. The fourth-order valence-electron chi connectivity index (χ4n) is 3.81. The number of carbonyl (C=O) groups is 1. The molecule has 3 N–H and O–H groups in total. The van der Waals surface area contributed by atoms with Crippen LogP contribution in [0.5, 0.6) is 5.75 Å². The van der Waals surface area contributed by atoms with Crippen molar-refractivity contribution in [2.24, 2.45) is 5.41 Å². The number of hydrogen-bond acceptors (Lipinski definition) is 10. The third kappa shape index (κ3) is 4.56. The van der Waals surface area contributed by atoms with E-state index in [-0.39, 0.29) is 18.3 Å². The number of fused-ring (bicyclic) bond motifs is 1. The maximum atomic E-state index is 12.7. The fraction of sp³-hybridized carbons (Fsp3) is 0.240. The summed E-state index contributed by atoms with van der Waals surface area (Å²) >= 11 is 0. The molecular weight excluding hydrogens is 448 g/mol. The third-order valence-corrected chi connectivity index (χ3v) is 5.76. The van der Waals surface area contributed by atoms with E-state index >= 15 is 0 Å². The smallest absolute Gasteiger partial charge is 0.252 e. The van der Waals surface area contributed by atoms with Crippen molar-refractivity contribution < 1.29 is 19.1 Å². The zero-order valence-corrected chi connectivity index (χ0v) is 19.2. The van der Waals surface area contributed by atoms with Crippen LogP contribution in [0.15, 0.2) is 65.5 Å². The number of aliphatic hydroxyl groups excluding tert-OH is 1. The quantitative estimate of drug-likeness (QED) is 0.362. The summed E-state index contributed by atoms with van der Waals surface area (Å²) in [6, 6.07) is 14.4. The molecular formula is C25H24N6O4. The van der Waals surface area contributed by atoms with Crippen molar-refractivity contribution in [2.45, 2.75) is 19.9 Å². The molecule has 0 radical (unpaired) electrons. The van der Waals surface area contributed by atoms with Crippen LogP contribution in [0.25, 0.3) is 11.5 Å². The highest BCUT2D eigenvalue weighted by atomic mass is 16.5. The van der Waals surface area contributed by atoms with E-state index in [2.05, 4.69) is 30.8 Å². The molecule has 178 valence electrons. The van der Waals surface area contributed by atoms with Crippen LogP contribution < -0.4 is 15.4 Å². The van der Waals surface area contributed by atoms with Crippen LogP contribution >= 0.6 is 0 Å². The Morgan fingerprint density at radius 2 is 1.97 bits per heavy atom. The molecule has 0 spiro atoms. The lowest BCUT2D eigenvalue weighted by atomic mass is 9.83. The van der Waals surface area contributed by atoms with Crippen LogP contribution in [0.3, 0.4) is 0 Å². The molecule has 2 aromatic carbocycles. The monoisotopic (exact) mass is 472 g/mol. The number of aromatic nitrogens is 4. The molecule has 0 aliphatic carbocycles. The summed E-state index contributed by atoms with van der Waals surface area (Å²) in [6.07, 6.45) is 2.78. The molecule has 1 aliphatic heterocycles. The van der Waals surface area contributed by atoms with Gasteiger partial charge in [0.1, 0.15) is 18.2 Å². The largest absolute Gasteiger partial charge is 0.492 e. The van der Waals surface area contributed by atoms with E-state index in [1.54, 1.807) is 24.4 Å². The van der Waals surface area contributed by atoms with E-state index in [0.29, 0.717) is 40.9 Å². The second-order valence-corrected chi connectivity index (χ2v) is 8.83. The molecule has 0 amide bonds. The Hall–Kier alpha value is -4.31. The normalized spacial score (nSPS) is 15.1. The molecule has 10 nitrogen and oxygen atoms in total. The maximum Gasteiger partial charge on any atom is 0.252 e. The molecule has 0 saturated heterocycles. The Bertz CT molecular complexity index is 1340. The molecule has 4 aromatic rings. The summed E-state index contributed by atoms with van der Waals surface area (Å²) in [5.41, 5.74) is 2.03. The molecule has 3 heterocycles. The van der Waals surface area contributed by atoms with Crippen molar-refractivity contribution in [2.75, 3.05) is 23.8 Å². The summed E-state index contributed by atoms with van der Waals surface area (Å²) in [5, 5.41) is 24.1. The van der Waals surface area contributed by atoms with Gasteiger partial charge < -0.3 is 24.9 Å². The van der Waals surface area contributed by atoms with Crippen molar-refractivity contribution in [1.82, 2.24) is 20.2 Å². The Kier molecular flexibility index (Phi) is 5.87. The lowest BCUT2D eigenvalue weighted by molar-refractivity contribution is 0.0692. The number of carbonyl (C=O) groups excluding carboxylic acids is 1. The van der Waals surface area contributed by atoms with Gasteiger partial charge in [-0.2, -0.15) is 4.98 Å². The number of hydrogen-bond donors (Lipinski definition) is 3. The Balaban J connectivity index is 1.45. The molecule has 1 aliphatic rings. The summed E-state index contributed by atoms with van der Waals surface area (Å²) in [4.78, 5) is 21.7. The lowest BCUT2D eigenvalue weighted by Gasteiger charge is -2.30. The second-order valence-electron chi connectivity index (χ2n) is 8.83. The number of anilines is 3. The van der Waals surface area contributed by atoms with E-state index in [4.69, 9.17) is 9.15 Å². The van der Waals surface area contributed by atoms with Gasteiger partial charge in [-0.1, -0.05) is 30.3 Å². The van der Waals surface area contributed by atoms with Gasteiger partial charge in [-0.05, 0) is 31.5 Å². The van der Waals surface area contributed by atoms with Crippen molar-refractivity contribution >= 4 is 23.2 Å². The topological polar surface area (TPSA) is 135 Å². The SMILES string of the molecule is CC1(C)COc2cc(Nc3ncc(-c4nnco4)c(N[C@H](CO)c4ccccc4)n3)ccc2C1=O. The fourth-order valence-corrected chi connectivity index (χ4v) is 3.81. The number of Topliss-reactive ketones (excluding diaryl/α,β-unsaturated/α-hetero) is 1. The van der Waals surface area contributed by atoms with Gasteiger partial charge in [-0.3, -0.25) is 4.79 Å². The minimum absolute atomic E-state index is 0.0490. The molecule has 5 rings (SSSR count). The van der Waals surface area contributed by atoms with E-state index in [1.807, 2.05) is 44.2 Å². The molecule has 0 fully saturated rings. The predicted octanol–water partition coefficient (Wildman–Crippen LogP) is 4.02. The lowest BCUT2D eigenvalue weighted by Crippen LogP contribution is -2.35. The van der Waals surface area contributed by atoms with Gasteiger partial charge in [0.15, 0.2) is 5.78 Å². The first-order valence-electron chi connectivity index (χ1n) is 11.1. The summed E-state index contributed by atoms with van der Waals surface area (Å²) in [6.45, 7) is 3.89. The highest BCUT2D eigenvalue weighted by Gasteiger charge is 2.35. The van der Waals surface area contributed by atoms with Crippen LogP contribution in [0.4, 0.5) is 17.5 Å².